The number of nitrogens with one attached hydrogen (secondary N) is 1. The van der Waals surface area contributed by atoms with E-state index in [9.17, 15) is 4.79 Å². The lowest BCUT2D eigenvalue weighted by atomic mass is 9.95. The summed E-state index contributed by atoms with van der Waals surface area (Å²) in [5.74, 6) is 1.76. The zero-order valence-corrected chi connectivity index (χ0v) is 11.7. The third kappa shape index (κ3) is 3.60. The SMILES string of the molecule is CCC(CC)C(N)CNC(=O)c1cc(C)oc1C. The summed E-state index contributed by atoms with van der Waals surface area (Å²) in [5, 5.41) is 2.88. The van der Waals surface area contributed by atoms with Crippen molar-refractivity contribution >= 4 is 5.91 Å². The Morgan fingerprint density at radius 1 is 1.39 bits per heavy atom. The Labute approximate surface area is 109 Å². The minimum atomic E-state index is -0.106. The Morgan fingerprint density at radius 2 is 2.00 bits per heavy atom. The topological polar surface area (TPSA) is 68.3 Å². The molecule has 1 aromatic heterocycles. The Morgan fingerprint density at radius 3 is 2.44 bits per heavy atom. The number of aryl methyl sites for hydroxylation is 2. The average Bonchev–Trinajstić information content (AvgIpc) is 2.67. The molecule has 0 aromatic carbocycles. The summed E-state index contributed by atoms with van der Waals surface area (Å²) in [6, 6.07) is 1.77. The lowest BCUT2D eigenvalue weighted by Crippen LogP contribution is -2.41. The molecule has 1 aromatic rings. The molecule has 0 saturated heterocycles. The van der Waals surface area contributed by atoms with Crippen LogP contribution in [-0.2, 0) is 0 Å². The van der Waals surface area contributed by atoms with Crippen molar-refractivity contribution in [1.29, 1.82) is 0 Å². The molecule has 0 saturated carbocycles. The van der Waals surface area contributed by atoms with Gasteiger partial charge in [0.15, 0.2) is 0 Å². The van der Waals surface area contributed by atoms with Gasteiger partial charge in [-0.1, -0.05) is 26.7 Å². The number of carbonyl (C=O) groups is 1. The van der Waals surface area contributed by atoms with Crippen molar-refractivity contribution in [3.05, 3.63) is 23.2 Å². The average molecular weight is 252 g/mol. The molecular formula is C14H24N2O2. The number of amides is 1. The van der Waals surface area contributed by atoms with E-state index in [-0.39, 0.29) is 11.9 Å². The third-order valence-corrected chi connectivity index (χ3v) is 3.44. The normalized spacial score (nSPS) is 12.8. The summed E-state index contributed by atoms with van der Waals surface area (Å²) in [4.78, 5) is 12.0. The van der Waals surface area contributed by atoms with Crippen LogP contribution in [0.5, 0.6) is 0 Å². The van der Waals surface area contributed by atoms with Gasteiger partial charge in [0.2, 0.25) is 0 Å². The second-order valence-electron chi connectivity index (χ2n) is 4.78. The van der Waals surface area contributed by atoms with E-state index in [0.29, 0.717) is 23.8 Å². The van der Waals surface area contributed by atoms with Crippen LogP contribution < -0.4 is 11.1 Å². The maximum absolute atomic E-state index is 12.0. The van der Waals surface area contributed by atoms with Crippen LogP contribution in [0.15, 0.2) is 10.5 Å². The van der Waals surface area contributed by atoms with Crippen molar-refractivity contribution in [3.63, 3.8) is 0 Å². The number of hydrogen-bond donors (Lipinski definition) is 2. The molecular weight excluding hydrogens is 228 g/mol. The van der Waals surface area contributed by atoms with Gasteiger partial charge in [0.1, 0.15) is 11.5 Å². The zero-order chi connectivity index (χ0) is 13.7. The molecule has 102 valence electrons. The Balaban J connectivity index is 2.53. The van der Waals surface area contributed by atoms with E-state index >= 15 is 0 Å². The lowest BCUT2D eigenvalue weighted by Gasteiger charge is -2.21. The molecule has 1 rings (SSSR count). The van der Waals surface area contributed by atoms with Crippen LogP contribution >= 0.6 is 0 Å². The summed E-state index contributed by atoms with van der Waals surface area (Å²) < 4.78 is 5.34. The van der Waals surface area contributed by atoms with Gasteiger partial charge in [0.25, 0.3) is 5.91 Å². The van der Waals surface area contributed by atoms with Crippen molar-refractivity contribution in [3.8, 4) is 0 Å². The minimum absolute atomic E-state index is 0.0113. The van der Waals surface area contributed by atoms with Gasteiger partial charge in [-0.3, -0.25) is 4.79 Å². The van der Waals surface area contributed by atoms with E-state index in [4.69, 9.17) is 10.2 Å². The Hall–Kier alpha value is -1.29. The van der Waals surface area contributed by atoms with Crippen LogP contribution in [0.2, 0.25) is 0 Å². The van der Waals surface area contributed by atoms with Crippen LogP contribution in [0.4, 0.5) is 0 Å². The molecule has 0 radical (unpaired) electrons. The van der Waals surface area contributed by atoms with Crippen LogP contribution in [0.3, 0.4) is 0 Å². The Kier molecular flexibility index (Phi) is 5.41. The van der Waals surface area contributed by atoms with Crippen molar-refractivity contribution in [2.45, 2.75) is 46.6 Å². The number of nitrogens with two attached hydrogens (primary N) is 1. The van der Waals surface area contributed by atoms with Gasteiger partial charge < -0.3 is 15.5 Å². The van der Waals surface area contributed by atoms with Gasteiger partial charge in [-0.2, -0.15) is 0 Å². The number of rotatable bonds is 6. The lowest BCUT2D eigenvalue weighted by molar-refractivity contribution is 0.0946. The molecule has 4 heteroatoms. The highest BCUT2D eigenvalue weighted by Gasteiger charge is 2.17. The number of hydrogen-bond acceptors (Lipinski definition) is 3. The summed E-state index contributed by atoms with van der Waals surface area (Å²) in [7, 11) is 0. The third-order valence-electron chi connectivity index (χ3n) is 3.44. The number of carbonyl (C=O) groups excluding carboxylic acids is 1. The fraction of sp³-hybridized carbons (Fsp3) is 0.643. The van der Waals surface area contributed by atoms with Crippen molar-refractivity contribution in [2.75, 3.05) is 6.54 Å². The first kappa shape index (κ1) is 14.8. The predicted molar refractivity (Wildman–Crippen MR) is 72.6 cm³/mol. The summed E-state index contributed by atoms with van der Waals surface area (Å²) >= 11 is 0. The van der Waals surface area contributed by atoms with E-state index in [1.807, 2.05) is 6.92 Å². The molecule has 1 atom stereocenters. The molecule has 0 aliphatic rings. The van der Waals surface area contributed by atoms with Crippen LogP contribution in [0, 0.1) is 19.8 Å². The maximum atomic E-state index is 12.0. The first-order valence-corrected chi connectivity index (χ1v) is 6.60. The molecule has 0 bridgehead atoms. The van der Waals surface area contributed by atoms with Crippen LogP contribution in [0.1, 0.15) is 48.6 Å². The van der Waals surface area contributed by atoms with Gasteiger partial charge in [0.05, 0.1) is 5.56 Å². The zero-order valence-electron chi connectivity index (χ0n) is 11.7. The first-order chi connectivity index (χ1) is 8.49. The molecule has 3 N–H and O–H groups in total. The molecule has 0 aliphatic carbocycles. The quantitative estimate of drug-likeness (QED) is 0.816. The van der Waals surface area contributed by atoms with E-state index in [1.54, 1.807) is 13.0 Å². The molecule has 4 nitrogen and oxygen atoms in total. The molecule has 1 heterocycles. The maximum Gasteiger partial charge on any atom is 0.254 e. The molecule has 0 fully saturated rings. The van der Waals surface area contributed by atoms with Crippen molar-refractivity contribution in [1.82, 2.24) is 5.32 Å². The van der Waals surface area contributed by atoms with Crippen LogP contribution in [-0.4, -0.2) is 18.5 Å². The predicted octanol–water partition coefficient (Wildman–Crippen LogP) is 2.39. The minimum Gasteiger partial charge on any atom is -0.466 e. The largest absolute Gasteiger partial charge is 0.466 e. The van der Waals surface area contributed by atoms with Crippen molar-refractivity contribution < 1.29 is 9.21 Å². The fourth-order valence-electron chi connectivity index (χ4n) is 2.22. The summed E-state index contributed by atoms with van der Waals surface area (Å²) in [6.07, 6.45) is 2.08. The van der Waals surface area contributed by atoms with Crippen LogP contribution in [0.25, 0.3) is 0 Å². The summed E-state index contributed by atoms with van der Waals surface area (Å²) in [6.45, 7) is 8.39. The van der Waals surface area contributed by atoms with Gasteiger partial charge in [-0.15, -0.1) is 0 Å². The smallest absolute Gasteiger partial charge is 0.254 e. The monoisotopic (exact) mass is 252 g/mol. The highest BCUT2D eigenvalue weighted by molar-refractivity contribution is 5.95. The second kappa shape index (κ2) is 6.59. The fourth-order valence-corrected chi connectivity index (χ4v) is 2.22. The highest BCUT2D eigenvalue weighted by atomic mass is 16.3. The molecule has 0 spiro atoms. The van der Waals surface area contributed by atoms with Crippen molar-refractivity contribution in [2.24, 2.45) is 11.7 Å². The number of furan rings is 1. The van der Waals surface area contributed by atoms with Gasteiger partial charge in [-0.25, -0.2) is 0 Å². The first-order valence-electron chi connectivity index (χ1n) is 6.60. The standard InChI is InChI=1S/C14H24N2O2/c1-5-11(6-2)13(15)8-16-14(17)12-7-9(3)18-10(12)4/h7,11,13H,5-6,8,15H2,1-4H3,(H,16,17). The van der Waals surface area contributed by atoms with E-state index < -0.39 is 0 Å². The molecule has 1 unspecified atom stereocenters. The van der Waals surface area contributed by atoms with Gasteiger partial charge in [-0.05, 0) is 25.8 Å². The molecule has 18 heavy (non-hydrogen) atoms. The second-order valence-corrected chi connectivity index (χ2v) is 4.78. The Bertz CT molecular complexity index is 394. The van der Waals surface area contributed by atoms with E-state index in [0.717, 1.165) is 18.6 Å². The van der Waals surface area contributed by atoms with Gasteiger partial charge >= 0.3 is 0 Å². The van der Waals surface area contributed by atoms with Gasteiger partial charge in [0, 0.05) is 12.6 Å². The summed E-state index contributed by atoms with van der Waals surface area (Å²) in [5.41, 5.74) is 6.67. The van der Waals surface area contributed by atoms with E-state index in [1.165, 1.54) is 0 Å². The van der Waals surface area contributed by atoms with E-state index in [2.05, 4.69) is 19.2 Å². The molecule has 0 aliphatic heterocycles. The molecule has 1 amide bonds. The highest BCUT2D eigenvalue weighted by Crippen LogP contribution is 2.14.